The molecule has 2 N–H and O–H groups in total. The van der Waals surface area contributed by atoms with Crippen molar-refractivity contribution in [2.24, 2.45) is 5.73 Å². The van der Waals surface area contributed by atoms with Crippen molar-refractivity contribution >= 4 is 0 Å². The first-order valence-corrected chi connectivity index (χ1v) is 6.35. The predicted molar refractivity (Wildman–Crippen MR) is 65.1 cm³/mol. The van der Waals surface area contributed by atoms with E-state index in [0.717, 1.165) is 0 Å². The summed E-state index contributed by atoms with van der Waals surface area (Å²) in [6.45, 7) is 3.74. The van der Waals surface area contributed by atoms with Gasteiger partial charge in [0.05, 0.1) is 12.3 Å². The van der Waals surface area contributed by atoms with Crippen molar-refractivity contribution < 1.29 is 23.4 Å². The molecule has 2 saturated heterocycles. The highest BCUT2D eigenvalue weighted by atomic mass is 16.8. The molecule has 0 aromatic carbocycles. The Morgan fingerprint density at radius 2 is 2.05 bits per heavy atom. The third kappa shape index (κ3) is 2.19. The Bertz CT molecular complexity index is 432. The Balaban J connectivity index is 1.83. The lowest BCUT2D eigenvalue weighted by Crippen LogP contribution is -2.37. The molecule has 0 spiro atoms. The molecule has 3 rings (SSSR count). The third-order valence-electron chi connectivity index (χ3n) is 3.50. The first-order valence-electron chi connectivity index (χ1n) is 6.35. The van der Waals surface area contributed by atoms with Crippen LogP contribution in [0.4, 0.5) is 0 Å². The molecule has 19 heavy (non-hydrogen) atoms. The quantitative estimate of drug-likeness (QED) is 0.887. The van der Waals surface area contributed by atoms with E-state index in [9.17, 15) is 0 Å². The number of furan rings is 1. The number of hydrogen-bond acceptors (Lipinski definition) is 6. The molecule has 0 unspecified atom stereocenters. The highest BCUT2D eigenvalue weighted by Gasteiger charge is 2.57. The highest BCUT2D eigenvalue weighted by Crippen LogP contribution is 2.42. The van der Waals surface area contributed by atoms with Gasteiger partial charge in [-0.2, -0.15) is 0 Å². The highest BCUT2D eigenvalue weighted by molar-refractivity contribution is 5.10. The van der Waals surface area contributed by atoms with E-state index in [1.807, 2.05) is 19.9 Å². The van der Waals surface area contributed by atoms with Gasteiger partial charge in [-0.25, -0.2) is 0 Å². The number of ether oxygens (including phenoxy) is 4. The smallest absolute Gasteiger partial charge is 0.186 e. The van der Waals surface area contributed by atoms with Gasteiger partial charge >= 0.3 is 0 Å². The Kier molecular flexibility index (Phi) is 3.15. The van der Waals surface area contributed by atoms with Crippen molar-refractivity contribution in [3.63, 3.8) is 0 Å². The van der Waals surface area contributed by atoms with E-state index in [1.165, 1.54) is 0 Å². The molecule has 0 bridgehead atoms. The summed E-state index contributed by atoms with van der Waals surface area (Å²) >= 11 is 0. The van der Waals surface area contributed by atoms with Crippen molar-refractivity contribution in [2.45, 2.75) is 50.3 Å². The fourth-order valence-corrected chi connectivity index (χ4v) is 2.71. The van der Waals surface area contributed by atoms with Gasteiger partial charge in [-0.05, 0) is 26.0 Å². The maximum Gasteiger partial charge on any atom is 0.186 e. The first-order chi connectivity index (χ1) is 9.02. The molecule has 0 radical (unpaired) electrons. The Labute approximate surface area is 111 Å². The average Bonchev–Trinajstić information content (AvgIpc) is 3.02. The summed E-state index contributed by atoms with van der Waals surface area (Å²) in [6, 6.07) is 3.20. The molecule has 0 saturated carbocycles. The van der Waals surface area contributed by atoms with Gasteiger partial charge in [-0.3, -0.25) is 0 Å². The van der Waals surface area contributed by atoms with E-state index in [1.54, 1.807) is 19.4 Å². The van der Waals surface area contributed by atoms with Crippen LogP contribution in [-0.2, 0) is 18.9 Å². The largest absolute Gasteiger partial charge is 0.468 e. The topological polar surface area (TPSA) is 76.1 Å². The van der Waals surface area contributed by atoms with Crippen molar-refractivity contribution in [1.82, 2.24) is 0 Å². The Morgan fingerprint density at radius 1 is 1.32 bits per heavy atom. The normalized spacial score (nSPS) is 38.3. The number of nitrogens with two attached hydrogens (primary N) is 1. The van der Waals surface area contributed by atoms with Gasteiger partial charge in [0.1, 0.15) is 24.1 Å². The lowest BCUT2D eigenvalue weighted by atomic mass is 10.0. The zero-order valence-electron chi connectivity index (χ0n) is 11.2. The second kappa shape index (κ2) is 4.57. The molecule has 2 fully saturated rings. The van der Waals surface area contributed by atoms with Gasteiger partial charge in [0, 0.05) is 7.11 Å². The van der Waals surface area contributed by atoms with Crippen LogP contribution in [0.15, 0.2) is 22.8 Å². The molecular weight excluding hydrogens is 250 g/mol. The molecule has 2 aliphatic rings. The fraction of sp³-hybridized carbons (Fsp3) is 0.692. The standard InChI is InChI=1S/C13H19NO5/c1-13(2)18-10-9(8(14)7-5-4-6-16-7)17-12(15-3)11(10)19-13/h4-6,8-12H,14H2,1-3H3/t8-,9+,10+,11+,12+/m0/s1. The van der Waals surface area contributed by atoms with Crippen LogP contribution < -0.4 is 5.73 Å². The van der Waals surface area contributed by atoms with Gasteiger partial charge in [-0.15, -0.1) is 0 Å². The second-order valence-electron chi connectivity index (χ2n) is 5.31. The molecule has 2 aliphatic heterocycles. The van der Waals surface area contributed by atoms with Crippen LogP contribution in [0.2, 0.25) is 0 Å². The fourth-order valence-electron chi connectivity index (χ4n) is 2.71. The van der Waals surface area contributed by atoms with Crippen LogP contribution in [0, 0.1) is 0 Å². The van der Waals surface area contributed by atoms with Crippen LogP contribution in [0.25, 0.3) is 0 Å². The summed E-state index contributed by atoms with van der Waals surface area (Å²) < 4.78 is 28.1. The van der Waals surface area contributed by atoms with Gasteiger partial charge in [-0.1, -0.05) is 0 Å². The van der Waals surface area contributed by atoms with Crippen molar-refractivity contribution in [3.05, 3.63) is 24.2 Å². The molecule has 6 nitrogen and oxygen atoms in total. The lowest BCUT2D eigenvalue weighted by molar-refractivity contribution is -0.229. The van der Waals surface area contributed by atoms with Crippen LogP contribution in [0.5, 0.6) is 0 Å². The maximum absolute atomic E-state index is 6.20. The maximum atomic E-state index is 6.20. The number of hydrogen-bond donors (Lipinski definition) is 1. The second-order valence-corrected chi connectivity index (χ2v) is 5.31. The van der Waals surface area contributed by atoms with E-state index in [0.29, 0.717) is 5.76 Å². The summed E-state index contributed by atoms with van der Waals surface area (Å²) in [5.41, 5.74) is 6.20. The zero-order valence-corrected chi connectivity index (χ0v) is 11.2. The van der Waals surface area contributed by atoms with Crippen molar-refractivity contribution in [1.29, 1.82) is 0 Å². The van der Waals surface area contributed by atoms with Gasteiger partial charge < -0.3 is 29.1 Å². The summed E-state index contributed by atoms with van der Waals surface area (Å²) in [5, 5.41) is 0. The average molecular weight is 269 g/mol. The van der Waals surface area contributed by atoms with Crippen LogP contribution in [0.3, 0.4) is 0 Å². The van der Waals surface area contributed by atoms with Crippen LogP contribution in [-0.4, -0.2) is 37.5 Å². The minimum absolute atomic E-state index is 0.264. The summed E-state index contributed by atoms with van der Waals surface area (Å²) in [6.07, 6.45) is 0.220. The number of methoxy groups -OCH3 is 1. The predicted octanol–water partition coefficient (Wildman–Crippen LogP) is 1.17. The van der Waals surface area contributed by atoms with Gasteiger partial charge in [0.15, 0.2) is 12.1 Å². The van der Waals surface area contributed by atoms with E-state index in [2.05, 4.69) is 0 Å². The minimum atomic E-state index is -0.656. The minimum Gasteiger partial charge on any atom is -0.468 e. The molecule has 1 aromatic rings. The monoisotopic (exact) mass is 269 g/mol. The van der Waals surface area contributed by atoms with E-state index < -0.39 is 18.1 Å². The summed E-state index contributed by atoms with van der Waals surface area (Å²) in [7, 11) is 1.58. The van der Waals surface area contributed by atoms with Gasteiger partial charge in [0.2, 0.25) is 0 Å². The third-order valence-corrected chi connectivity index (χ3v) is 3.50. The summed E-state index contributed by atoms with van der Waals surface area (Å²) in [4.78, 5) is 0. The molecule has 3 heterocycles. The van der Waals surface area contributed by atoms with Gasteiger partial charge in [0.25, 0.3) is 0 Å². The zero-order chi connectivity index (χ0) is 13.6. The van der Waals surface area contributed by atoms with E-state index in [-0.39, 0.29) is 18.3 Å². The molecule has 0 amide bonds. The van der Waals surface area contributed by atoms with E-state index >= 15 is 0 Å². The van der Waals surface area contributed by atoms with Crippen LogP contribution >= 0.6 is 0 Å². The molecular formula is C13H19NO5. The van der Waals surface area contributed by atoms with Crippen molar-refractivity contribution in [2.75, 3.05) is 7.11 Å². The Hall–Kier alpha value is -0.920. The Morgan fingerprint density at radius 3 is 2.68 bits per heavy atom. The number of fused-ring (bicyclic) bond motifs is 1. The molecule has 0 aliphatic carbocycles. The molecule has 106 valence electrons. The molecule has 1 aromatic heterocycles. The lowest BCUT2D eigenvalue weighted by Gasteiger charge is -2.25. The van der Waals surface area contributed by atoms with E-state index in [4.69, 9.17) is 29.1 Å². The first kappa shape index (κ1) is 13.1. The molecule has 5 atom stereocenters. The SMILES string of the molecule is CO[C@@H]1O[C@H]([C@@H](N)c2ccco2)[C@H]2OC(C)(C)O[C@@H]12. The van der Waals surface area contributed by atoms with Crippen LogP contribution in [0.1, 0.15) is 25.6 Å². The summed E-state index contributed by atoms with van der Waals surface area (Å²) in [5.74, 6) is 0.00521. The van der Waals surface area contributed by atoms with Crippen molar-refractivity contribution in [3.8, 4) is 0 Å². The number of rotatable bonds is 3. The molecule has 6 heteroatoms.